The maximum atomic E-state index is 11.7. The number of halogens is 1. The van der Waals surface area contributed by atoms with Crippen molar-refractivity contribution in [3.05, 3.63) is 5.28 Å². The zero-order valence-electron chi connectivity index (χ0n) is 11.3. The van der Waals surface area contributed by atoms with E-state index in [1.165, 1.54) is 0 Å². The highest BCUT2D eigenvalue weighted by atomic mass is 35.5. The second-order valence-corrected chi connectivity index (χ2v) is 5.18. The number of rotatable bonds is 3. The Morgan fingerprint density at radius 1 is 1.35 bits per heavy atom. The summed E-state index contributed by atoms with van der Waals surface area (Å²) < 4.78 is 5.28. The molecule has 2 aliphatic rings. The Morgan fingerprint density at radius 3 is 3.00 bits per heavy atom. The van der Waals surface area contributed by atoms with Crippen LogP contribution >= 0.6 is 11.6 Å². The maximum Gasteiger partial charge on any atom is 0.322 e. The van der Waals surface area contributed by atoms with E-state index in [9.17, 15) is 4.79 Å². The number of piperazine rings is 1. The summed E-state index contributed by atoms with van der Waals surface area (Å²) >= 11 is 5.91. The molecule has 0 aromatic carbocycles. The number of ether oxygens (including phenoxy) is 1. The quantitative estimate of drug-likeness (QED) is 0.819. The molecular formula is C12H16ClN5O2. The van der Waals surface area contributed by atoms with Gasteiger partial charge >= 0.3 is 6.01 Å². The van der Waals surface area contributed by atoms with E-state index in [0.29, 0.717) is 32.1 Å². The van der Waals surface area contributed by atoms with Crippen molar-refractivity contribution in [1.82, 2.24) is 19.9 Å². The van der Waals surface area contributed by atoms with E-state index >= 15 is 0 Å². The smallest absolute Gasteiger partial charge is 0.322 e. The zero-order chi connectivity index (χ0) is 14.1. The van der Waals surface area contributed by atoms with Crippen LogP contribution in [0.4, 0.5) is 5.95 Å². The lowest BCUT2D eigenvalue weighted by molar-refractivity contribution is -0.129. The molecule has 7 nitrogen and oxygen atoms in total. The molecule has 1 unspecified atom stereocenters. The van der Waals surface area contributed by atoms with Gasteiger partial charge in [0, 0.05) is 32.1 Å². The van der Waals surface area contributed by atoms with Crippen molar-refractivity contribution < 1.29 is 9.53 Å². The monoisotopic (exact) mass is 297 g/mol. The number of fused-ring (bicyclic) bond motifs is 1. The van der Waals surface area contributed by atoms with Crippen molar-refractivity contribution >= 4 is 23.5 Å². The Bertz CT molecular complexity index is 527. The third kappa shape index (κ3) is 2.49. The van der Waals surface area contributed by atoms with Crippen molar-refractivity contribution in [1.29, 1.82) is 0 Å². The van der Waals surface area contributed by atoms with Gasteiger partial charge in [-0.25, -0.2) is 0 Å². The van der Waals surface area contributed by atoms with Crippen LogP contribution in [0.5, 0.6) is 6.01 Å². The lowest BCUT2D eigenvalue weighted by atomic mass is 10.2. The Morgan fingerprint density at radius 2 is 2.20 bits per heavy atom. The molecule has 8 heteroatoms. The highest BCUT2D eigenvalue weighted by molar-refractivity contribution is 6.28. The number of nitrogens with zero attached hydrogens (tertiary/aromatic N) is 5. The maximum absolute atomic E-state index is 11.7. The highest BCUT2D eigenvalue weighted by Crippen LogP contribution is 2.25. The molecule has 0 N–H and O–H groups in total. The summed E-state index contributed by atoms with van der Waals surface area (Å²) in [5, 5.41) is 0.128. The Balaban J connectivity index is 1.78. The Labute approximate surface area is 121 Å². The summed E-state index contributed by atoms with van der Waals surface area (Å²) in [5.74, 6) is 0.769. The van der Waals surface area contributed by atoms with Gasteiger partial charge in [0.05, 0.1) is 6.61 Å². The van der Waals surface area contributed by atoms with Crippen molar-refractivity contribution in [3.63, 3.8) is 0 Å². The molecule has 0 radical (unpaired) electrons. The molecule has 0 spiro atoms. The molecule has 108 valence electrons. The summed E-state index contributed by atoms with van der Waals surface area (Å²) in [6, 6.07) is 0.495. The van der Waals surface area contributed by atoms with Gasteiger partial charge in [0.15, 0.2) is 0 Å². The van der Waals surface area contributed by atoms with Crippen LogP contribution in [0.1, 0.15) is 19.8 Å². The van der Waals surface area contributed by atoms with Crippen LogP contribution in [0, 0.1) is 0 Å². The third-order valence-electron chi connectivity index (χ3n) is 3.63. The predicted molar refractivity (Wildman–Crippen MR) is 73.0 cm³/mol. The van der Waals surface area contributed by atoms with Gasteiger partial charge in [-0.05, 0) is 24.9 Å². The van der Waals surface area contributed by atoms with Gasteiger partial charge in [-0.15, -0.1) is 0 Å². The molecule has 1 amide bonds. The molecule has 20 heavy (non-hydrogen) atoms. The topological polar surface area (TPSA) is 71.5 Å². The fourth-order valence-corrected chi connectivity index (χ4v) is 2.85. The highest BCUT2D eigenvalue weighted by Gasteiger charge is 2.36. The number of hydrogen-bond acceptors (Lipinski definition) is 6. The molecule has 2 fully saturated rings. The van der Waals surface area contributed by atoms with Crippen LogP contribution in [-0.2, 0) is 4.79 Å². The molecule has 0 aliphatic carbocycles. The van der Waals surface area contributed by atoms with E-state index in [1.807, 2.05) is 16.7 Å². The van der Waals surface area contributed by atoms with Gasteiger partial charge in [-0.3, -0.25) is 4.79 Å². The molecule has 0 bridgehead atoms. The molecular weight excluding hydrogens is 282 g/mol. The van der Waals surface area contributed by atoms with Crippen LogP contribution in [0.3, 0.4) is 0 Å². The molecule has 1 aromatic heterocycles. The largest absolute Gasteiger partial charge is 0.464 e. The lowest BCUT2D eigenvalue weighted by Gasteiger charge is -2.37. The Hall–Kier alpha value is -1.63. The van der Waals surface area contributed by atoms with Crippen LogP contribution in [-0.4, -0.2) is 58.0 Å². The normalized spacial score (nSPS) is 22.1. The number of carbonyl (C=O) groups is 1. The molecule has 2 saturated heterocycles. The van der Waals surface area contributed by atoms with Crippen LogP contribution in [0.2, 0.25) is 5.28 Å². The fraction of sp³-hybridized carbons (Fsp3) is 0.667. The molecule has 2 aliphatic heterocycles. The van der Waals surface area contributed by atoms with Gasteiger partial charge in [0.2, 0.25) is 17.1 Å². The van der Waals surface area contributed by atoms with Gasteiger partial charge in [-0.1, -0.05) is 0 Å². The third-order valence-corrected chi connectivity index (χ3v) is 3.80. The van der Waals surface area contributed by atoms with Crippen molar-refractivity contribution in [2.24, 2.45) is 0 Å². The SMILES string of the molecule is CCOc1nc(Cl)nc(N2CCN3C(=O)CCC3C2)n1. The lowest BCUT2D eigenvalue weighted by Crippen LogP contribution is -2.52. The number of aromatic nitrogens is 3. The van der Waals surface area contributed by atoms with E-state index in [0.717, 1.165) is 13.0 Å². The number of hydrogen-bond donors (Lipinski definition) is 0. The summed E-state index contributed by atoms with van der Waals surface area (Å²) in [7, 11) is 0. The fourth-order valence-electron chi connectivity index (χ4n) is 2.70. The van der Waals surface area contributed by atoms with E-state index < -0.39 is 0 Å². The molecule has 3 heterocycles. The first-order chi connectivity index (χ1) is 9.67. The molecule has 1 aromatic rings. The number of anilines is 1. The zero-order valence-corrected chi connectivity index (χ0v) is 12.0. The first-order valence-electron chi connectivity index (χ1n) is 6.76. The average Bonchev–Trinajstić information content (AvgIpc) is 2.80. The van der Waals surface area contributed by atoms with Gasteiger partial charge in [0.1, 0.15) is 0 Å². The van der Waals surface area contributed by atoms with Crippen molar-refractivity contribution in [3.8, 4) is 6.01 Å². The minimum Gasteiger partial charge on any atom is -0.464 e. The molecule has 1 atom stereocenters. The van der Waals surface area contributed by atoms with Crippen LogP contribution in [0.15, 0.2) is 0 Å². The summed E-state index contributed by atoms with van der Waals surface area (Å²) in [6.45, 7) is 4.48. The van der Waals surface area contributed by atoms with Gasteiger partial charge in [0.25, 0.3) is 0 Å². The van der Waals surface area contributed by atoms with E-state index in [4.69, 9.17) is 16.3 Å². The van der Waals surface area contributed by atoms with E-state index in [2.05, 4.69) is 15.0 Å². The second kappa shape index (κ2) is 5.40. The minimum absolute atomic E-state index is 0.128. The van der Waals surface area contributed by atoms with Gasteiger partial charge < -0.3 is 14.5 Å². The number of carbonyl (C=O) groups excluding carboxylic acids is 1. The first-order valence-corrected chi connectivity index (χ1v) is 7.14. The first kappa shape index (κ1) is 13.4. The average molecular weight is 298 g/mol. The summed E-state index contributed by atoms with van der Waals surface area (Å²) in [4.78, 5) is 28.0. The van der Waals surface area contributed by atoms with Gasteiger partial charge in [-0.2, -0.15) is 15.0 Å². The van der Waals surface area contributed by atoms with E-state index in [1.54, 1.807) is 0 Å². The van der Waals surface area contributed by atoms with E-state index in [-0.39, 0.29) is 23.2 Å². The van der Waals surface area contributed by atoms with Crippen molar-refractivity contribution in [2.75, 3.05) is 31.1 Å². The summed E-state index contributed by atoms with van der Waals surface area (Å²) in [6.07, 6.45) is 1.53. The second-order valence-electron chi connectivity index (χ2n) is 4.85. The van der Waals surface area contributed by atoms with Crippen molar-refractivity contribution in [2.45, 2.75) is 25.8 Å². The molecule has 0 saturated carbocycles. The minimum atomic E-state index is 0.128. The molecule has 3 rings (SSSR count). The summed E-state index contributed by atoms with van der Waals surface area (Å²) in [5.41, 5.74) is 0. The standard InChI is InChI=1S/C12H16ClN5O2/c1-2-20-12-15-10(13)14-11(16-12)17-5-6-18-8(7-17)3-4-9(18)19/h8H,2-7H2,1H3. The predicted octanol–water partition coefficient (Wildman–Crippen LogP) is 0.735. The number of amides is 1. The van der Waals surface area contributed by atoms with Crippen LogP contribution in [0.25, 0.3) is 0 Å². The Kier molecular flexibility index (Phi) is 3.60. The van der Waals surface area contributed by atoms with Crippen LogP contribution < -0.4 is 9.64 Å².